The molecule has 1 aromatic carbocycles. The van der Waals surface area contributed by atoms with E-state index in [0.717, 1.165) is 5.56 Å². The average molecular weight is 296 g/mol. The third kappa shape index (κ3) is 2.80. The molecule has 0 bridgehead atoms. The van der Waals surface area contributed by atoms with E-state index >= 15 is 0 Å². The minimum atomic E-state index is -0.574. The minimum absolute atomic E-state index is 0.208. The number of hydrogen-bond acceptors (Lipinski definition) is 5. The number of fused-ring (bicyclic) bond motifs is 1. The summed E-state index contributed by atoms with van der Waals surface area (Å²) in [6.45, 7) is -0.231. The highest BCUT2D eigenvalue weighted by Gasteiger charge is 2.27. The van der Waals surface area contributed by atoms with Crippen LogP contribution in [0.3, 0.4) is 0 Å². The van der Waals surface area contributed by atoms with Crippen molar-refractivity contribution in [3.05, 3.63) is 59.6 Å². The van der Waals surface area contributed by atoms with Crippen molar-refractivity contribution in [1.29, 1.82) is 0 Å². The summed E-state index contributed by atoms with van der Waals surface area (Å²) in [5.41, 5.74) is 6.23. The molecule has 2 heterocycles. The van der Waals surface area contributed by atoms with E-state index in [1.165, 1.54) is 0 Å². The van der Waals surface area contributed by atoms with Crippen molar-refractivity contribution in [1.82, 2.24) is 4.98 Å². The van der Waals surface area contributed by atoms with E-state index in [9.17, 15) is 9.59 Å². The molecule has 0 unspecified atom stereocenters. The van der Waals surface area contributed by atoms with Crippen molar-refractivity contribution >= 4 is 17.8 Å². The fourth-order valence-corrected chi connectivity index (χ4v) is 2.02. The normalized spacial score (nSPS) is 14.5. The van der Waals surface area contributed by atoms with Gasteiger partial charge in [0.15, 0.2) is 12.4 Å². The molecule has 0 fully saturated rings. The van der Waals surface area contributed by atoms with Crippen molar-refractivity contribution in [3.63, 3.8) is 0 Å². The van der Waals surface area contributed by atoms with Gasteiger partial charge in [0.05, 0.1) is 5.56 Å². The van der Waals surface area contributed by atoms with Crippen LogP contribution < -0.4 is 15.2 Å². The van der Waals surface area contributed by atoms with E-state index in [1.54, 1.807) is 42.7 Å². The minimum Gasteiger partial charge on any atom is -0.484 e. The highest BCUT2D eigenvalue weighted by molar-refractivity contribution is 6.14. The van der Waals surface area contributed by atoms with Gasteiger partial charge in [0.1, 0.15) is 11.5 Å². The molecule has 1 aliphatic heterocycles. The molecule has 2 N–H and O–H groups in total. The molecule has 1 aliphatic rings. The summed E-state index contributed by atoms with van der Waals surface area (Å²) >= 11 is 0. The molecule has 1 amide bonds. The maximum absolute atomic E-state index is 12.2. The van der Waals surface area contributed by atoms with Crippen LogP contribution in [-0.4, -0.2) is 23.3 Å². The second-order valence-electron chi connectivity index (χ2n) is 4.64. The Labute approximate surface area is 126 Å². The number of primary amides is 1. The molecule has 2 aromatic rings. The van der Waals surface area contributed by atoms with Gasteiger partial charge in [0, 0.05) is 18.5 Å². The number of aromatic nitrogens is 1. The molecule has 110 valence electrons. The first kappa shape index (κ1) is 13.8. The zero-order valence-corrected chi connectivity index (χ0v) is 11.5. The Kier molecular flexibility index (Phi) is 3.57. The summed E-state index contributed by atoms with van der Waals surface area (Å²) in [6.07, 6.45) is 4.91. The Morgan fingerprint density at radius 3 is 2.95 bits per heavy atom. The Morgan fingerprint density at radius 2 is 2.23 bits per heavy atom. The topological polar surface area (TPSA) is 91.5 Å². The molecule has 0 aliphatic carbocycles. The van der Waals surface area contributed by atoms with Crippen molar-refractivity contribution < 1.29 is 19.1 Å². The third-order valence-corrected chi connectivity index (χ3v) is 3.00. The monoisotopic (exact) mass is 296 g/mol. The van der Waals surface area contributed by atoms with Crippen molar-refractivity contribution in [2.45, 2.75) is 0 Å². The maximum Gasteiger partial charge on any atom is 0.255 e. The fourth-order valence-electron chi connectivity index (χ4n) is 2.02. The highest BCUT2D eigenvalue weighted by atomic mass is 16.5. The van der Waals surface area contributed by atoms with Crippen LogP contribution in [0, 0.1) is 0 Å². The lowest BCUT2D eigenvalue weighted by Gasteiger charge is -2.04. The predicted octanol–water partition coefficient (Wildman–Crippen LogP) is 1.56. The molecule has 0 saturated heterocycles. The van der Waals surface area contributed by atoms with Gasteiger partial charge < -0.3 is 15.2 Å². The van der Waals surface area contributed by atoms with Gasteiger partial charge >= 0.3 is 0 Å². The SMILES string of the molecule is NC(=O)COc1ccc2c(c1)O/C(=C\c1cccnc1)C2=O. The van der Waals surface area contributed by atoms with E-state index in [0.29, 0.717) is 17.1 Å². The van der Waals surface area contributed by atoms with Gasteiger partial charge in [-0.1, -0.05) is 6.07 Å². The molecule has 0 atom stereocenters. The van der Waals surface area contributed by atoms with E-state index in [-0.39, 0.29) is 18.1 Å². The molecule has 0 saturated carbocycles. The molecule has 0 spiro atoms. The zero-order valence-electron chi connectivity index (χ0n) is 11.5. The lowest BCUT2D eigenvalue weighted by Crippen LogP contribution is -2.19. The number of rotatable bonds is 4. The van der Waals surface area contributed by atoms with E-state index in [4.69, 9.17) is 15.2 Å². The average Bonchev–Trinajstić information content (AvgIpc) is 2.82. The van der Waals surface area contributed by atoms with Crippen LogP contribution in [0.25, 0.3) is 6.08 Å². The summed E-state index contributed by atoms with van der Waals surface area (Å²) in [6, 6.07) is 8.34. The van der Waals surface area contributed by atoms with E-state index < -0.39 is 5.91 Å². The van der Waals surface area contributed by atoms with Crippen LogP contribution in [0.4, 0.5) is 0 Å². The van der Waals surface area contributed by atoms with Crippen LogP contribution in [0.5, 0.6) is 11.5 Å². The van der Waals surface area contributed by atoms with Crippen LogP contribution in [0.1, 0.15) is 15.9 Å². The first-order valence-corrected chi connectivity index (χ1v) is 6.53. The number of hydrogen-bond donors (Lipinski definition) is 1. The Morgan fingerprint density at radius 1 is 1.36 bits per heavy atom. The van der Waals surface area contributed by atoms with Gasteiger partial charge in [-0.2, -0.15) is 0 Å². The van der Waals surface area contributed by atoms with Gasteiger partial charge in [0.25, 0.3) is 5.91 Å². The van der Waals surface area contributed by atoms with Crippen LogP contribution in [-0.2, 0) is 4.79 Å². The number of ether oxygens (including phenoxy) is 2. The van der Waals surface area contributed by atoms with Crippen molar-refractivity contribution in [2.75, 3.05) is 6.61 Å². The summed E-state index contributed by atoms with van der Waals surface area (Å²) in [7, 11) is 0. The van der Waals surface area contributed by atoms with E-state index in [2.05, 4.69) is 4.98 Å². The number of benzene rings is 1. The number of nitrogens with two attached hydrogens (primary N) is 1. The van der Waals surface area contributed by atoms with E-state index in [1.807, 2.05) is 6.07 Å². The number of nitrogens with zero attached hydrogens (tertiary/aromatic N) is 1. The number of carbonyl (C=O) groups excluding carboxylic acids is 2. The second kappa shape index (κ2) is 5.69. The van der Waals surface area contributed by atoms with Crippen LogP contribution in [0.2, 0.25) is 0 Å². The lowest BCUT2D eigenvalue weighted by molar-refractivity contribution is -0.119. The largest absolute Gasteiger partial charge is 0.484 e. The van der Waals surface area contributed by atoms with Crippen LogP contribution >= 0.6 is 0 Å². The fraction of sp³-hybridized carbons (Fsp3) is 0.0625. The third-order valence-electron chi connectivity index (χ3n) is 3.00. The lowest BCUT2D eigenvalue weighted by atomic mass is 10.1. The Bertz CT molecular complexity index is 769. The predicted molar refractivity (Wildman–Crippen MR) is 78.3 cm³/mol. The summed E-state index contributed by atoms with van der Waals surface area (Å²) in [5, 5.41) is 0. The number of amides is 1. The molecule has 1 aromatic heterocycles. The molecule has 22 heavy (non-hydrogen) atoms. The number of ketones is 1. The van der Waals surface area contributed by atoms with Crippen LogP contribution in [0.15, 0.2) is 48.5 Å². The standard InChI is InChI=1S/C16H12N2O4/c17-15(19)9-21-11-3-4-12-13(7-11)22-14(16(12)20)6-10-2-1-5-18-8-10/h1-8H,9H2,(H2,17,19)/b14-6-. The number of allylic oxidation sites excluding steroid dienone is 1. The summed E-state index contributed by atoms with van der Waals surface area (Å²) in [4.78, 5) is 26.9. The van der Waals surface area contributed by atoms with Gasteiger partial charge in [-0.05, 0) is 29.8 Å². The first-order valence-electron chi connectivity index (χ1n) is 6.53. The summed E-state index contributed by atoms with van der Waals surface area (Å²) in [5.74, 6) is 0.236. The Balaban J connectivity index is 1.84. The van der Waals surface area contributed by atoms with Crippen molar-refractivity contribution in [3.8, 4) is 11.5 Å². The molecule has 6 nitrogen and oxygen atoms in total. The highest BCUT2D eigenvalue weighted by Crippen LogP contribution is 2.34. The number of pyridine rings is 1. The van der Waals surface area contributed by atoms with Gasteiger partial charge in [0.2, 0.25) is 5.78 Å². The quantitative estimate of drug-likeness (QED) is 0.864. The number of carbonyl (C=O) groups is 2. The zero-order chi connectivity index (χ0) is 15.5. The molecule has 6 heteroatoms. The molecule has 0 radical (unpaired) electrons. The first-order chi connectivity index (χ1) is 10.6. The van der Waals surface area contributed by atoms with Gasteiger partial charge in [-0.15, -0.1) is 0 Å². The second-order valence-corrected chi connectivity index (χ2v) is 4.64. The summed E-state index contributed by atoms with van der Waals surface area (Å²) < 4.78 is 10.7. The molecule has 3 rings (SSSR count). The number of Topliss-reactive ketones (excluding diaryl/α,β-unsaturated/α-hetero) is 1. The Hall–Kier alpha value is -3.15. The van der Waals surface area contributed by atoms with Crippen molar-refractivity contribution in [2.24, 2.45) is 5.73 Å². The molecular weight excluding hydrogens is 284 g/mol. The van der Waals surface area contributed by atoms with Gasteiger partial charge in [-0.3, -0.25) is 14.6 Å². The maximum atomic E-state index is 12.2. The molecular formula is C16H12N2O4. The smallest absolute Gasteiger partial charge is 0.255 e. The van der Waals surface area contributed by atoms with Gasteiger partial charge in [-0.25, -0.2) is 0 Å².